The number of benzene rings is 3. The van der Waals surface area contributed by atoms with E-state index in [9.17, 15) is 18.5 Å². The minimum atomic E-state index is -3.84. The third kappa shape index (κ3) is 7.54. The molecule has 8 heteroatoms. The number of rotatable bonds is 11. The summed E-state index contributed by atoms with van der Waals surface area (Å²) in [6.45, 7) is 2.41. The lowest BCUT2D eigenvalue weighted by Crippen LogP contribution is -2.30. The Bertz CT molecular complexity index is 1570. The van der Waals surface area contributed by atoms with Crippen LogP contribution in [0.15, 0.2) is 112 Å². The Morgan fingerprint density at radius 2 is 1.54 bits per heavy atom. The number of nitriles is 1. The van der Waals surface area contributed by atoms with E-state index in [4.69, 9.17) is 4.42 Å². The van der Waals surface area contributed by atoms with Crippen molar-refractivity contribution >= 4 is 22.0 Å². The molecule has 0 atom stereocenters. The zero-order chi connectivity index (χ0) is 27.7. The maximum absolute atomic E-state index is 13.6. The van der Waals surface area contributed by atoms with Gasteiger partial charge in [0.05, 0.1) is 11.4 Å². The minimum Gasteiger partial charge on any atom is -0.460 e. The standard InChI is InChI=1S/C31H29N3O4S/c1-24-12-16-30(17-13-24)39(36,37)34(22-26-10-6-3-7-11-26)23-29-15-14-28(38-29)20-27(21-32)31(35)33-19-18-25-8-4-2-5-9-25/h2-17,20H,18-19,22-23H2,1H3,(H,33,35)/b27-20-. The highest BCUT2D eigenvalue weighted by Gasteiger charge is 2.26. The fraction of sp³-hybridized carbons (Fsp3) is 0.161. The number of carbonyl (C=O) groups is 1. The van der Waals surface area contributed by atoms with E-state index < -0.39 is 15.9 Å². The second-order valence-corrected chi connectivity index (χ2v) is 11.0. The van der Waals surface area contributed by atoms with Gasteiger partial charge >= 0.3 is 0 Å². The van der Waals surface area contributed by atoms with E-state index in [-0.39, 0.29) is 29.3 Å². The zero-order valence-corrected chi connectivity index (χ0v) is 22.4. The third-order valence-electron chi connectivity index (χ3n) is 6.07. The predicted molar refractivity (Wildman–Crippen MR) is 150 cm³/mol. The summed E-state index contributed by atoms with van der Waals surface area (Å²) in [5.74, 6) is 0.167. The number of carbonyl (C=O) groups excluding carboxylic acids is 1. The Labute approximate surface area is 229 Å². The molecular weight excluding hydrogens is 510 g/mol. The first-order valence-corrected chi connectivity index (χ1v) is 13.9. The van der Waals surface area contributed by atoms with Gasteiger partial charge in [-0.1, -0.05) is 78.4 Å². The molecule has 1 aromatic heterocycles. The number of nitrogens with zero attached hydrogens (tertiary/aromatic N) is 2. The molecule has 0 aliphatic heterocycles. The Kier molecular flexibility index (Phi) is 9.10. The van der Waals surface area contributed by atoms with Crippen molar-refractivity contribution in [2.45, 2.75) is 31.3 Å². The molecule has 0 aliphatic carbocycles. The summed E-state index contributed by atoms with van der Waals surface area (Å²) in [5, 5.41) is 12.3. The zero-order valence-electron chi connectivity index (χ0n) is 21.6. The van der Waals surface area contributed by atoms with E-state index in [1.165, 1.54) is 10.4 Å². The molecule has 0 radical (unpaired) electrons. The number of amides is 1. The summed E-state index contributed by atoms with van der Waals surface area (Å²) in [7, 11) is -3.84. The van der Waals surface area contributed by atoms with Crippen LogP contribution in [0.3, 0.4) is 0 Å². The van der Waals surface area contributed by atoms with Gasteiger partial charge in [0.2, 0.25) is 10.0 Å². The summed E-state index contributed by atoms with van der Waals surface area (Å²) in [6, 6.07) is 30.9. The molecule has 1 heterocycles. The van der Waals surface area contributed by atoms with Crippen LogP contribution in [-0.2, 0) is 34.3 Å². The van der Waals surface area contributed by atoms with Crippen LogP contribution in [0.2, 0.25) is 0 Å². The summed E-state index contributed by atoms with van der Waals surface area (Å²) < 4.78 is 34.3. The van der Waals surface area contributed by atoms with Crippen molar-refractivity contribution in [1.29, 1.82) is 5.26 Å². The molecule has 0 saturated heterocycles. The molecule has 0 bridgehead atoms. The number of furan rings is 1. The minimum absolute atomic E-state index is 0.0237. The highest BCUT2D eigenvalue weighted by atomic mass is 32.2. The molecule has 0 unspecified atom stereocenters. The molecule has 0 aliphatic rings. The monoisotopic (exact) mass is 539 g/mol. The second kappa shape index (κ2) is 12.9. The highest BCUT2D eigenvalue weighted by Crippen LogP contribution is 2.23. The molecule has 0 spiro atoms. The van der Waals surface area contributed by atoms with Gasteiger partial charge in [0, 0.05) is 19.2 Å². The van der Waals surface area contributed by atoms with Gasteiger partial charge in [0.25, 0.3) is 5.91 Å². The Morgan fingerprint density at radius 3 is 2.18 bits per heavy atom. The maximum atomic E-state index is 13.6. The van der Waals surface area contributed by atoms with Crippen molar-refractivity contribution in [1.82, 2.24) is 9.62 Å². The van der Waals surface area contributed by atoms with Gasteiger partial charge in [-0.3, -0.25) is 4.79 Å². The lowest BCUT2D eigenvalue weighted by atomic mass is 10.1. The molecule has 7 nitrogen and oxygen atoms in total. The van der Waals surface area contributed by atoms with Gasteiger partial charge in [-0.25, -0.2) is 8.42 Å². The van der Waals surface area contributed by atoms with Crippen LogP contribution >= 0.6 is 0 Å². The van der Waals surface area contributed by atoms with Gasteiger partial charge in [-0.2, -0.15) is 9.57 Å². The van der Waals surface area contributed by atoms with Crippen LogP contribution in [0.4, 0.5) is 0 Å². The van der Waals surface area contributed by atoms with Crippen molar-refractivity contribution in [3.05, 3.63) is 131 Å². The molecule has 198 valence electrons. The van der Waals surface area contributed by atoms with E-state index in [1.807, 2.05) is 73.7 Å². The van der Waals surface area contributed by atoms with Crippen LogP contribution in [0.1, 0.15) is 28.2 Å². The van der Waals surface area contributed by atoms with E-state index in [2.05, 4.69) is 5.32 Å². The van der Waals surface area contributed by atoms with Gasteiger partial charge in [0.1, 0.15) is 23.2 Å². The molecule has 4 rings (SSSR count). The number of hydrogen-bond acceptors (Lipinski definition) is 5. The number of aryl methyl sites for hydroxylation is 1. The summed E-state index contributed by atoms with van der Waals surface area (Å²) in [5.41, 5.74) is 2.77. The number of hydrogen-bond donors (Lipinski definition) is 1. The molecule has 0 fully saturated rings. The Morgan fingerprint density at radius 1 is 0.897 bits per heavy atom. The summed E-state index contributed by atoms with van der Waals surface area (Å²) in [4.78, 5) is 12.7. The van der Waals surface area contributed by atoms with E-state index >= 15 is 0 Å². The number of sulfonamides is 1. The lowest BCUT2D eigenvalue weighted by molar-refractivity contribution is -0.117. The fourth-order valence-corrected chi connectivity index (χ4v) is 5.35. The number of nitrogens with one attached hydrogen (secondary N) is 1. The van der Waals surface area contributed by atoms with Crippen LogP contribution in [0.5, 0.6) is 0 Å². The normalized spacial score (nSPS) is 11.8. The largest absolute Gasteiger partial charge is 0.460 e. The van der Waals surface area contributed by atoms with Crippen LogP contribution in [-0.4, -0.2) is 25.2 Å². The first-order chi connectivity index (χ1) is 18.8. The fourth-order valence-electron chi connectivity index (χ4n) is 3.95. The Hall–Kier alpha value is -4.45. The van der Waals surface area contributed by atoms with Gasteiger partial charge < -0.3 is 9.73 Å². The molecule has 1 amide bonds. The molecule has 3 aromatic carbocycles. The van der Waals surface area contributed by atoms with Gasteiger partial charge in [-0.15, -0.1) is 0 Å². The molecule has 0 saturated carbocycles. The van der Waals surface area contributed by atoms with Crippen molar-refractivity contribution < 1.29 is 17.6 Å². The Balaban J connectivity index is 1.49. The smallest absolute Gasteiger partial charge is 0.262 e. The predicted octanol–water partition coefficient (Wildman–Crippen LogP) is 5.25. The van der Waals surface area contributed by atoms with Crippen LogP contribution < -0.4 is 5.32 Å². The van der Waals surface area contributed by atoms with E-state index in [0.29, 0.717) is 18.7 Å². The van der Waals surface area contributed by atoms with Crippen molar-refractivity contribution in [3.63, 3.8) is 0 Å². The first kappa shape index (κ1) is 27.6. The van der Waals surface area contributed by atoms with E-state index in [1.54, 1.807) is 36.4 Å². The van der Waals surface area contributed by atoms with Crippen LogP contribution in [0, 0.1) is 18.3 Å². The van der Waals surface area contributed by atoms with Crippen LogP contribution in [0.25, 0.3) is 6.08 Å². The molecule has 39 heavy (non-hydrogen) atoms. The summed E-state index contributed by atoms with van der Waals surface area (Å²) >= 11 is 0. The van der Waals surface area contributed by atoms with Crippen molar-refractivity contribution in [2.75, 3.05) is 6.54 Å². The highest BCUT2D eigenvalue weighted by molar-refractivity contribution is 7.89. The van der Waals surface area contributed by atoms with Gasteiger partial charge in [-0.05, 0) is 48.7 Å². The molecular formula is C31H29N3O4S. The van der Waals surface area contributed by atoms with Crippen molar-refractivity contribution in [3.8, 4) is 6.07 Å². The molecule has 4 aromatic rings. The first-order valence-electron chi connectivity index (χ1n) is 12.5. The van der Waals surface area contributed by atoms with Gasteiger partial charge in [0.15, 0.2) is 0 Å². The topological polar surface area (TPSA) is 103 Å². The van der Waals surface area contributed by atoms with E-state index in [0.717, 1.165) is 16.7 Å². The summed E-state index contributed by atoms with van der Waals surface area (Å²) in [6.07, 6.45) is 2.00. The average molecular weight is 540 g/mol. The quantitative estimate of drug-likeness (QED) is 0.207. The SMILES string of the molecule is Cc1ccc(S(=O)(=O)N(Cc2ccccc2)Cc2ccc(/C=C(/C#N)C(=O)NCCc3ccccc3)o2)cc1. The molecule has 1 N–H and O–H groups in total. The second-order valence-electron chi connectivity index (χ2n) is 9.04. The third-order valence-corrected chi connectivity index (χ3v) is 7.87. The maximum Gasteiger partial charge on any atom is 0.262 e. The average Bonchev–Trinajstić information content (AvgIpc) is 3.39. The van der Waals surface area contributed by atoms with Crippen molar-refractivity contribution in [2.24, 2.45) is 0 Å². The lowest BCUT2D eigenvalue weighted by Gasteiger charge is -2.21.